The summed E-state index contributed by atoms with van der Waals surface area (Å²) in [4.78, 5) is 21.4. The lowest BCUT2D eigenvalue weighted by Gasteiger charge is -2.11. The fraction of sp³-hybridized carbons (Fsp3) is 0.778. The number of ether oxygens (including phenoxy) is 1. The van der Waals surface area contributed by atoms with Crippen LogP contribution in [0, 0.1) is 5.92 Å². The fourth-order valence-electron chi connectivity index (χ4n) is 0.979. The summed E-state index contributed by atoms with van der Waals surface area (Å²) in [5, 5.41) is 13.8. The Bertz CT molecular complexity index is 208. The van der Waals surface area contributed by atoms with Crippen molar-refractivity contribution in [3.63, 3.8) is 0 Å². The minimum absolute atomic E-state index is 0.0664. The number of hydrogen-bond acceptors (Lipinski definition) is 4. The van der Waals surface area contributed by atoms with Crippen LogP contribution in [-0.2, 0) is 14.3 Å². The van der Waals surface area contributed by atoms with E-state index in [0.717, 1.165) is 0 Å². The topological polar surface area (TPSA) is 87.7 Å². The van der Waals surface area contributed by atoms with Crippen LogP contribution >= 0.6 is 0 Å². The molecule has 0 saturated heterocycles. The van der Waals surface area contributed by atoms with Gasteiger partial charge >= 0.3 is 5.97 Å². The summed E-state index contributed by atoms with van der Waals surface area (Å²) in [6.07, 6.45) is 0. The van der Waals surface area contributed by atoms with Crippen molar-refractivity contribution in [2.75, 3.05) is 33.4 Å². The van der Waals surface area contributed by atoms with Crippen LogP contribution in [0.15, 0.2) is 0 Å². The lowest BCUT2D eigenvalue weighted by Crippen LogP contribution is -2.36. The molecule has 6 heteroatoms. The van der Waals surface area contributed by atoms with E-state index >= 15 is 0 Å². The number of carbonyl (C=O) groups excluding carboxylic acids is 1. The highest BCUT2D eigenvalue weighted by Gasteiger charge is 2.10. The molecule has 0 bridgehead atoms. The molecule has 88 valence electrons. The Labute approximate surface area is 89.0 Å². The first-order valence-electron chi connectivity index (χ1n) is 4.79. The lowest BCUT2D eigenvalue weighted by atomic mass is 10.1. The fourth-order valence-corrected chi connectivity index (χ4v) is 0.979. The molecule has 1 unspecified atom stereocenters. The van der Waals surface area contributed by atoms with Gasteiger partial charge in [0, 0.05) is 19.0 Å². The van der Waals surface area contributed by atoms with Gasteiger partial charge in [-0.2, -0.15) is 0 Å². The Balaban J connectivity index is 3.42. The predicted octanol–water partition coefficient (Wildman–Crippen LogP) is -0.941. The smallest absolute Gasteiger partial charge is 0.329 e. The zero-order chi connectivity index (χ0) is 11.7. The average Bonchev–Trinajstić information content (AvgIpc) is 2.16. The van der Waals surface area contributed by atoms with E-state index in [2.05, 4.69) is 10.6 Å². The molecule has 3 N–H and O–H groups in total. The molecule has 0 aliphatic heterocycles. The Morgan fingerprint density at radius 1 is 1.47 bits per heavy atom. The number of amides is 1. The van der Waals surface area contributed by atoms with Crippen LogP contribution in [0.4, 0.5) is 0 Å². The summed E-state index contributed by atoms with van der Waals surface area (Å²) in [6, 6.07) is 0. The highest BCUT2D eigenvalue weighted by molar-refractivity contribution is 5.78. The zero-order valence-corrected chi connectivity index (χ0v) is 9.08. The molecule has 0 aliphatic carbocycles. The number of nitrogens with one attached hydrogen (secondary N) is 2. The van der Waals surface area contributed by atoms with Crippen molar-refractivity contribution >= 4 is 11.9 Å². The summed E-state index contributed by atoms with van der Waals surface area (Å²) in [5.41, 5.74) is 0. The van der Waals surface area contributed by atoms with E-state index in [-0.39, 0.29) is 25.0 Å². The molecule has 15 heavy (non-hydrogen) atoms. The molecule has 0 radical (unpaired) electrons. The number of carbonyl (C=O) groups is 2. The van der Waals surface area contributed by atoms with E-state index < -0.39 is 5.97 Å². The second-order valence-electron chi connectivity index (χ2n) is 3.20. The molecule has 0 aromatic carbocycles. The van der Waals surface area contributed by atoms with Gasteiger partial charge in [0.25, 0.3) is 0 Å². The molecule has 0 fully saturated rings. The van der Waals surface area contributed by atoms with Gasteiger partial charge < -0.3 is 20.5 Å². The number of aliphatic carboxylic acids is 1. The van der Waals surface area contributed by atoms with Crippen LogP contribution < -0.4 is 10.6 Å². The molecule has 6 nitrogen and oxygen atoms in total. The van der Waals surface area contributed by atoms with E-state index in [1.807, 2.05) is 6.92 Å². The van der Waals surface area contributed by atoms with E-state index in [1.54, 1.807) is 7.05 Å². The Hall–Kier alpha value is -1.14. The molecule has 0 saturated carbocycles. The minimum atomic E-state index is -1.01. The van der Waals surface area contributed by atoms with Gasteiger partial charge in [0.1, 0.15) is 6.61 Å². The highest BCUT2D eigenvalue weighted by atomic mass is 16.5. The van der Waals surface area contributed by atoms with Crippen LogP contribution in [0.5, 0.6) is 0 Å². The highest BCUT2D eigenvalue weighted by Crippen LogP contribution is 1.90. The first-order chi connectivity index (χ1) is 7.07. The van der Waals surface area contributed by atoms with Gasteiger partial charge in [-0.05, 0) is 7.05 Å². The molecule has 0 spiro atoms. The number of hydrogen-bond donors (Lipinski definition) is 3. The lowest BCUT2D eigenvalue weighted by molar-refractivity contribution is -0.142. The average molecular weight is 218 g/mol. The van der Waals surface area contributed by atoms with Crippen molar-refractivity contribution in [1.82, 2.24) is 10.6 Å². The first-order valence-corrected chi connectivity index (χ1v) is 4.79. The third kappa shape index (κ3) is 7.90. The molecule has 1 atom stereocenters. The molecule has 0 aromatic rings. The van der Waals surface area contributed by atoms with Gasteiger partial charge in [-0.1, -0.05) is 6.92 Å². The Morgan fingerprint density at radius 3 is 2.67 bits per heavy atom. The quantitative estimate of drug-likeness (QED) is 0.458. The molecular weight excluding hydrogens is 200 g/mol. The summed E-state index contributed by atoms with van der Waals surface area (Å²) in [5.74, 6) is -1.18. The molecule has 0 rings (SSSR count). The van der Waals surface area contributed by atoms with Crippen molar-refractivity contribution in [2.45, 2.75) is 6.92 Å². The SMILES string of the molecule is CNCC(C)C(=O)NCCOCC(=O)O. The van der Waals surface area contributed by atoms with Gasteiger partial charge in [0.05, 0.1) is 6.61 Å². The van der Waals surface area contributed by atoms with E-state index in [9.17, 15) is 9.59 Å². The van der Waals surface area contributed by atoms with Crippen LogP contribution in [-0.4, -0.2) is 50.3 Å². The van der Waals surface area contributed by atoms with Crippen molar-refractivity contribution in [1.29, 1.82) is 0 Å². The van der Waals surface area contributed by atoms with Crippen molar-refractivity contribution in [3.8, 4) is 0 Å². The van der Waals surface area contributed by atoms with E-state index in [0.29, 0.717) is 13.1 Å². The number of carboxylic acids is 1. The van der Waals surface area contributed by atoms with Crippen LogP contribution in [0.2, 0.25) is 0 Å². The van der Waals surface area contributed by atoms with Gasteiger partial charge in [0.15, 0.2) is 0 Å². The Morgan fingerprint density at radius 2 is 2.13 bits per heavy atom. The van der Waals surface area contributed by atoms with Gasteiger partial charge in [-0.3, -0.25) is 4.79 Å². The molecule has 0 heterocycles. The van der Waals surface area contributed by atoms with Crippen molar-refractivity contribution < 1.29 is 19.4 Å². The Kier molecular flexibility index (Phi) is 7.57. The van der Waals surface area contributed by atoms with E-state index in [4.69, 9.17) is 9.84 Å². The summed E-state index contributed by atoms with van der Waals surface area (Å²) in [6.45, 7) is 2.64. The number of rotatable bonds is 8. The maximum atomic E-state index is 11.3. The zero-order valence-electron chi connectivity index (χ0n) is 9.08. The number of carboxylic acid groups (broad SMARTS) is 1. The normalized spacial score (nSPS) is 12.1. The molecular formula is C9H18N2O4. The first kappa shape index (κ1) is 13.9. The second-order valence-corrected chi connectivity index (χ2v) is 3.20. The van der Waals surface area contributed by atoms with Crippen molar-refractivity contribution in [3.05, 3.63) is 0 Å². The van der Waals surface area contributed by atoms with Crippen molar-refractivity contribution in [2.24, 2.45) is 5.92 Å². The van der Waals surface area contributed by atoms with Gasteiger partial charge in [-0.25, -0.2) is 4.79 Å². The van der Waals surface area contributed by atoms with Crippen LogP contribution in [0.1, 0.15) is 6.92 Å². The summed E-state index contributed by atoms with van der Waals surface area (Å²) in [7, 11) is 1.78. The molecule has 0 aliphatic rings. The van der Waals surface area contributed by atoms with Crippen LogP contribution in [0.3, 0.4) is 0 Å². The maximum Gasteiger partial charge on any atom is 0.329 e. The second kappa shape index (κ2) is 8.19. The third-order valence-corrected chi connectivity index (χ3v) is 1.73. The van der Waals surface area contributed by atoms with Crippen LogP contribution in [0.25, 0.3) is 0 Å². The molecule has 0 aromatic heterocycles. The predicted molar refractivity (Wildman–Crippen MR) is 54.6 cm³/mol. The van der Waals surface area contributed by atoms with Gasteiger partial charge in [-0.15, -0.1) is 0 Å². The maximum absolute atomic E-state index is 11.3. The van der Waals surface area contributed by atoms with E-state index in [1.165, 1.54) is 0 Å². The largest absolute Gasteiger partial charge is 0.480 e. The summed E-state index contributed by atoms with van der Waals surface area (Å²) < 4.78 is 4.76. The standard InChI is InChI=1S/C9H18N2O4/c1-7(5-10-2)9(14)11-3-4-15-6-8(12)13/h7,10H,3-6H2,1-2H3,(H,11,14)(H,12,13). The third-order valence-electron chi connectivity index (χ3n) is 1.73. The minimum Gasteiger partial charge on any atom is -0.480 e. The van der Waals surface area contributed by atoms with Gasteiger partial charge in [0.2, 0.25) is 5.91 Å². The molecule has 1 amide bonds. The monoisotopic (exact) mass is 218 g/mol. The summed E-state index contributed by atoms with van der Waals surface area (Å²) >= 11 is 0.